The molecule has 1 unspecified atom stereocenters. The summed E-state index contributed by atoms with van der Waals surface area (Å²) in [6.45, 7) is 4.66. The van der Waals surface area contributed by atoms with Gasteiger partial charge < -0.3 is 10.1 Å². The lowest BCUT2D eigenvalue weighted by atomic mass is 9.96. The van der Waals surface area contributed by atoms with Gasteiger partial charge in [-0.2, -0.15) is 0 Å². The highest BCUT2D eigenvalue weighted by atomic mass is 16.5. The molecule has 3 aromatic rings. The number of carbonyl (C=O) groups excluding carboxylic acids is 2. The molecule has 1 aromatic heterocycles. The van der Waals surface area contributed by atoms with Crippen LogP contribution in [0.15, 0.2) is 66.7 Å². The molecule has 0 saturated carbocycles. The molecule has 0 aliphatic carbocycles. The standard InChI is InChI=1S/C25H26N2O3/c1-17-7-9-19(10-8-17)15-16-26-24(28)21-13-11-20(12-14-21)18(2)22-5-4-6-23(27-22)25(29)30-3/h4-14,18H,15-16H2,1-3H3,(H,26,28). The fourth-order valence-corrected chi connectivity index (χ4v) is 3.18. The maximum atomic E-state index is 12.4. The lowest BCUT2D eigenvalue weighted by Crippen LogP contribution is -2.25. The zero-order valence-corrected chi connectivity index (χ0v) is 17.5. The number of esters is 1. The second kappa shape index (κ2) is 9.83. The Bertz CT molecular complexity index is 1010. The number of amides is 1. The minimum Gasteiger partial charge on any atom is -0.464 e. The van der Waals surface area contributed by atoms with Gasteiger partial charge in [-0.1, -0.05) is 55.0 Å². The van der Waals surface area contributed by atoms with Crippen molar-refractivity contribution in [3.05, 3.63) is 100 Å². The number of methoxy groups -OCH3 is 1. The third-order valence-electron chi connectivity index (χ3n) is 5.10. The first-order valence-electron chi connectivity index (χ1n) is 9.97. The van der Waals surface area contributed by atoms with Crippen molar-refractivity contribution in [3.8, 4) is 0 Å². The van der Waals surface area contributed by atoms with E-state index >= 15 is 0 Å². The summed E-state index contributed by atoms with van der Waals surface area (Å²) in [4.78, 5) is 28.5. The predicted octanol–water partition coefficient (Wildman–Crippen LogP) is 4.30. The third-order valence-corrected chi connectivity index (χ3v) is 5.10. The molecule has 0 fully saturated rings. The number of ether oxygens (including phenoxy) is 1. The molecule has 0 aliphatic heterocycles. The quantitative estimate of drug-likeness (QED) is 0.598. The van der Waals surface area contributed by atoms with E-state index in [9.17, 15) is 9.59 Å². The van der Waals surface area contributed by atoms with E-state index in [0.717, 1.165) is 17.7 Å². The Hall–Kier alpha value is -3.47. The van der Waals surface area contributed by atoms with Crippen LogP contribution in [0.25, 0.3) is 0 Å². The van der Waals surface area contributed by atoms with Gasteiger partial charge in [0, 0.05) is 23.7 Å². The number of benzene rings is 2. The summed E-state index contributed by atoms with van der Waals surface area (Å²) in [6, 6.07) is 21.1. The van der Waals surface area contributed by atoms with Gasteiger partial charge in [-0.3, -0.25) is 4.79 Å². The van der Waals surface area contributed by atoms with Crippen LogP contribution in [-0.4, -0.2) is 30.5 Å². The molecule has 1 amide bonds. The fraction of sp³-hybridized carbons (Fsp3) is 0.240. The molecule has 0 bridgehead atoms. The number of nitrogens with zero attached hydrogens (tertiary/aromatic N) is 1. The summed E-state index contributed by atoms with van der Waals surface area (Å²) in [5, 5.41) is 2.97. The number of nitrogens with one attached hydrogen (secondary N) is 1. The topological polar surface area (TPSA) is 68.3 Å². The van der Waals surface area contributed by atoms with Crippen molar-refractivity contribution in [1.29, 1.82) is 0 Å². The van der Waals surface area contributed by atoms with Crippen molar-refractivity contribution in [2.75, 3.05) is 13.7 Å². The van der Waals surface area contributed by atoms with Crippen LogP contribution >= 0.6 is 0 Å². The lowest BCUT2D eigenvalue weighted by Gasteiger charge is -2.13. The molecule has 3 rings (SSSR count). The van der Waals surface area contributed by atoms with E-state index in [1.807, 2.05) is 37.3 Å². The zero-order valence-electron chi connectivity index (χ0n) is 17.5. The van der Waals surface area contributed by atoms with Gasteiger partial charge in [0.05, 0.1) is 7.11 Å². The molecule has 30 heavy (non-hydrogen) atoms. The molecule has 5 heteroatoms. The van der Waals surface area contributed by atoms with Crippen molar-refractivity contribution in [2.24, 2.45) is 0 Å². The van der Waals surface area contributed by atoms with Crippen LogP contribution in [0.1, 0.15) is 56.1 Å². The Kier molecular flexibility index (Phi) is 6.96. The minimum atomic E-state index is -0.457. The van der Waals surface area contributed by atoms with Crippen LogP contribution < -0.4 is 5.32 Å². The van der Waals surface area contributed by atoms with Crippen molar-refractivity contribution >= 4 is 11.9 Å². The largest absolute Gasteiger partial charge is 0.464 e. The molecule has 1 heterocycles. The Morgan fingerprint density at radius 1 is 1.00 bits per heavy atom. The van der Waals surface area contributed by atoms with E-state index < -0.39 is 5.97 Å². The smallest absolute Gasteiger partial charge is 0.356 e. The number of rotatable bonds is 7. The maximum absolute atomic E-state index is 12.4. The molecule has 0 spiro atoms. The Balaban J connectivity index is 1.60. The van der Waals surface area contributed by atoms with E-state index in [0.29, 0.717) is 12.1 Å². The molecule has 2 aromatic carbocycles. The molecule has 5 nitrogen and oxygen atoms in total. The van der Waals surface area contributed by atoms with Crippen LogP contribution in [0.4, 0.5) is 0 Å². The number of aromatic nitrogens is 1. The Morgan fingerprint density at radius 2 is 1.70 bits per heavy atom. The maximum Gasteiger partial charge on any atom is 0.356 e. The summed E-state index contributed by atoms with van der Waals surface area (Å²) in [7, 11) is 1.34. The fourth-order valence-electron chi connectivity index (χ4n) is 3.18. The number of pyridine rings is 1. The van der Waals surface area contributed by atoms with E-state index in [4.69, 9.17) is 4.74 Å². The highest BCUT2D eigenvalue weighted by Crippen LogP contribution is 2.23. The SMILES string of the molecule is COC(=O)c1cccc(C(C)c2ccc(C(=O)NCCc3ccc(C)cc3)cc2)n1. The van der Waals surface area contributed by atoms with Crippen LogP contribution in [0, 0.1) is 6.92 Å². The summed E-state index contributed by atoms with van der Waals surface area (Å²) in [5.74, 6) is -0.568. The van der Waals surface area contributed by atoms with Crippen LogP contribution in [0.5, 0.6) is 0 Å². The van der Waals surface area contributed by atoms with Crippen LogP contribution in [0.3, 0.4) is 0 Å². The Morgan fingerprint density at radius 3 is 2.37 bits per heavy atom. The molecule has 0 radical (unpaired) electrons. The Labute approximate surface area is 177 Å². The summed E-state index contributed by atoms with van der Waals surface area (Å²) in [5.41, 5.74) is 5.11. The van der Waals surface area contributed by atoms with Gasteiger partial charge in [-0.05, 0) is 48.7 Å². The first-order valence-corrected chi connectivity index (χ1v) is 9.97. The third kappa shape index (κ3) is 5.32. The van der Waals surface area contributed by atoms with Gasteiger partial charge >= 0.3 is 5.97 Å². The van der Waals surface area contributed by atoms with Gasteiger partial charge in [0.2, 0.25) is 0 Å². The van der Waals surface area contributed by atoms with E-state index in [1.165, 1.54) is 18.2 Å². The number of aryl methyl sites for hydroxylation is 1. The number of hydrogen-bond acceptors (Lipinski definition) is 4. The van der Waals surface area contributed by atoms with Crippen LogP contribution in [0.2, 0.25) is 0 Å². The van der Waals surface area contributed by atoms with Gasteiger partial charge in [0.1, 0.15) is 5.69 Å². The van der Waals surface area contributed by atoms with Gasteiger partial charge in [0.25, 0.3) is 5.91 Å². The molecule has 0 aliphatic rings. The van der Waals surface area contributed by atoms with E-state index in [2.05, 4.69) is 41.5 Å². The highest BCUT2D eigenvalue weighted by Gasteiger charge is 2.14. The van der Waals surface area contributed by atoms with E-state index in [-0.39, 0.29) is 17.5 Å². The molecule has 0 saturated heterocycles. The molecular formula is C25H26N2O3. The van der Waals surface area contributed by atoms with Crippen molar-refractivity contribution in [3.63, 3.8) is 0 Å². The molecule has 1 atom stereocenters. The minimum absolute atomic E-state index is 0.0201. The van der Waals surface area contributed by atoms with Crippen molar-refractivity contribution in [2.45, 2.75) is 26.2 Å². The van der Waals surface area contributed by atoms with Crippen molar-refractivity contribution < 1.29 is 14.3 Å². The summed E-state index contributed by atoms with van der Waals surface area (Å²) in [6.07, 6.45) is 0.795. The van der Waals surface area contributed by atoms with E-state index in [1.54, 1.807) is 12.1 Å². The molecule has 1 N–H and O–H groups in total. The van der Waals surface area contributed by atoms with Crippen molar-refractivity contribution in [1.82, 2.24) is 10.3 Å². The normalized spacial score (nSPS) is 11.6. The van der Waals surface area contributed by atoms with Crippen LogP contribution in [-0.2, 0) is 11.2 Å². The number of hydrogen-bond donors (Lipinski definition) is 1. The molecular weight excluding hydrogens is 376 g/mol. The first-order chi connectivity index (χ1) is 14.5. The average molecular weight is 402 g/mol. The molecule has 154 valence electrons. The van der Waals surface area contributed by atoms with Gasteiger partial charge in [-0.15, -0.1) is 0 Å². The highest BCUT2D eigenvalue weighted by molar-refractivity contribution is 5.94. The monoisotopic (exact) mass is 402 g/mol. The summed E-state index contributed by atoms with van der Waals surface area (Å²) >= 11 is 0. The second-order valence-electron chi connectivity index (χ2n) is 7.27. The second-order valence-corrected chi connectivity index (χ2v) is 7.27. The summed E-state index contributed by atoms with van der Waals surface area (Å²) < 4.78 is 4.74. The van der Waals surface area contributed by atoms with Gasteiger partial charge in [-0.25, -0.2) is 9.78 Å². The number of carbonyl (C=O) groups is 2. The first kappa shape index (κ1) is 21.2. The zero-order chi connectivity index (χ0) is 21.5. The van der Waals surface area contributed by atoms with Gasteiger partial charge in [0.15, 0.2) is 0 Å². The lowest BCUT2D eigenvalue weighted by molar-refractivity contribution is 0.0593. The average Bonchev–Trinajstić information content (AvgIpc) is 2.79. The predicted molar refractivity (Wildman–Crippen MR) is 117 cm³/mol.